The molecule has 0 aromatic heterocycles. The van der Waals surface area contributed by atoms with E-state index in [1.807, 2.05) is 0 Å². The lowest BCUT2D eigenvalue weighted by molar-refractivity contribution is -0.123. The zero-order valence-corrected chi connectivity index (χ0v) is 17.1. The molecule has 1 aromatic rings. The first-order valence-electron chi connectivity index (χ1n) is 7.56. The number of thiocarbonyl (C=S) groups is 1. The van der Waals surface area contributed by atoms with E-state index in [9.17, 15) is 4.79 Å². The first kappa shape index (κ1) is 22.5. The van der Waals surface area contributed by atoms with Gasteiger partial charge in [0, 0.05) is 13.0 Å². The number of hydrazone groups is 1. The maximum atomic E-state index is 11.5. The van der Waals surface area contributed by atoms with Crippen molar-refractivity contribution in [3.8, 4) is 5.75 Å². The number of nitrogens with one attached hydrogen (secondary N) is 3. The maximum Gasteiger partial charge on any atom is 0.246 e. The molecule has 6 nitrogen and oxygen atoms in total. The Kier molecular flexibility index (Phi) is 9.72. The van der Waals surface area contributed by atoms with E-state index in [1.54, 1.807) is 43.5 Å². The lowest BCUT2D eigenvalue weighted by Gasteiger charge is -2.26. The average Bonchev–Trinajstić information content (AvgIpc) is 2.59. The molecule has 0 aliphatic heterocycles. The second kappa shape index (κ2) is 11.2. The van der Waals surface area contributed by atoms with E-state index in [-0.39, 0.29) is 12.3 Å². The number of amides is 1. The second-order valence-corrected chi connectivity index (χ2v) is 7.68. The summed E-state index contributed by atoms with van der Waals surface area (Å²) < 4.78 is 3.75. The van der Waals surface area contributed by atoms with E-state index in [1.165, 1.54) is 0 Å². The van der Waals surface area contributed by atoms with Crippen molar-refractivity contribution in [3.05, 3.63) is 42.5 Å². The molecule has 0 aliphatic rings. The summed E-state index contributed by atoms with van der Waals surface area (Å²) in [5.74, 6) is 0.128. The maximum absolute atomic E-state index is 11.5. The topological polar surface area (TPSA) is 74.8 Å². The standard InChI is InChI=1S/C16H19Cl3N4O2S/c1-3-9-20-15(26)23-21-10-11-5-7-12(8-6-11)25-14(16(17,18)19)22-13(24)4-2/h3,5-8,10,14H,1,4,9H2,2H3,(H,22,24)(H2,20,23,26)/b21-10-/t14-/m0/s1. The molecule has 142 valence electrons. The molecule has 0 fully saturated rings. The van der Waals surface area contributed by atoms with E-state index >= 15 is 0 Å². The molecule has 0 saturated heterocycles. The minimum atomic E-state index is -1.82. The van der Waals surface area contributed by atoms with Crippen LogP contribution in [-0.2, 0) is 4.79 Å². The summed E-state index contributed by atoms with van der Waals surface area (Å²) in [4.78, 5) is 11.5. The van der Waals surface area contributed by atoms with Gasteiger partial charge in [0.05, 0.1) is 6.21 Å². The summed E-state index contributed by atoms with van der Waals surface area (Å²) in [5.41, 5.74) is 3.46. The van der Waals surface area contributed by atoms with Crippen LogP contribution in [0.1, 0.15) is 18.9 Å². The Balaban J connectivity index is 2.66. The summed E-state index contributed by atoms with van der Waals surface area (Å²) >= 11 is 22.6. The molecule has 1 rings (SSSR count). The molecule has 1 amide bonds. The van der Waals surface area contributed by atoms with E-state index < -0.39 is 10.0 Å². The van der Waals surface area contributed by atoms with Crippen molar-refractivity contribution in [3.63, 3.8) is 0 Å². The third kappa shape index (κ3) is 8.71. The average molecular weight is 438 g/mol. The van der Waals surface area contributed by atoms with Crippen molar-refractivity contribution in [2.45, 2.75) is 23.4 Å². The van der Waals surface area contributed by atoms with Crippen LogP contribution < -0.4 is 20.8 Å². The summed E-state index contributed by atoms with van der Waals surface area (Å²) in [6, 6.07) is 6.82. The zero-order valence-electron chi connectivity index (χ0n) is 14.0. The number of hydrogen-bond donors (Lipinski definition) is 3. The lowest BCUT2D eigenvalue weighted by atomic mass is 10.2. The van der Waals surface area contributed by atoms with Crippen molar-refractivity contribution >= 4 is 64.3 Å². The monoisotopic (exact) mass is 436 g/mol. The summed E-state index contributed by atoms with van der Waals surface area (Å²) in [6.45, 7) is 5.81. The van der Waals surface area contributed by atoms with Crippen molar-refractivity contribution in [1.82, 2.24) is 16.1 Å². The van der Waals surface area contributed by atoms with Crippen molar-refractivity contribution < 1.29 is 9.53 Å². The van der Waals surface area contributed by atoms with Crippen LogP contribution in [0.4, 0.5) is 0 Å². The highest BCUT2D eigenvalue weighted by Gasteiger charge is 2.35. The molecule has 0 unspecified atom stereocenters. The fraction of sp³-hybridized carbons (Fsp3) is 0.312. The number of hydrogen-bond acceptors (Lipinski definition) is 4. The Morgan fingerprint density at radius 2 is 2.04 bits per heavy atom. The smallest absolute Gasteiger partial charge is 0.246 e. The van der Waals surface area contributed by atoms with Gasteiger partial charge in [0.1, 0.15) is 5.75 Å². The fourth-order valence-corrected chi connectivity index (χ4v) is 2.00. The van der Waals surface area contributed by atoms with Gasteiger partial charge in [-0.3, -0.25) is 10.2 Å². The Bertz CT molecular complexity index is 648. The molecular weight excluding hydrogens is 419 g/mol. The summed E-state index contributed by atoms with van der Waals surface area (Å²) in [5, 5.41) is 9.78. The molecule has 0 spiro atoms. The molecule has 0 heterocycles. The molecule has 0 bridgehead atoms. The predicted molar refractivity (Wildman–Crippen MR) is 111 cm³/mol. The highest BCUT2D eigenvalue weighted by Crippen LogP contribution is 2.32. The van der Waals surface area contributed by atoms with Gasteiger partial charge in [-0.05, 0) is 42.0 Å². The molecular formula is C16H19Cl3N4O2S. The van der Waals surface area contributed by atoms with E-state index in [2.05, 4.69) is 27.7 Å². The van der Waals surface area contributed by atoms with Crippen molar-refractivity contribution in [2.75, 3.05) is 6.54 Å². The number of rotatable bonds is 8. The molecule has 0 saturated carbocycles. The fourth-order valence-electron chi connectivity index (χ4n) is 1.56. The van der Waals surface area contributed by atoms with Gasteiger partial charge < -0.3 is 15.4 Å². The number of halogens is 3. The van der Waals surface area contributed by atoms with Crippen molar-refractivity contribution in [2.24, 2.45) is 5.10 Å². The number of benzene rings is 1. The van der Waals surface area contributed by atoms with E-state index in [0.29, 0.717) is 17.4 Å². The van der Waals surface area contributed by atoms with Gasteiger partial charge >= 0.3 is 0 Å². The highest BCUT2D eigenvalue weighted by atomic mass is 35.6. The van der Waals surface area contributed by atoms with Crippen LogP contribution in [-0.4, -0.2) is 33.8 Å². The first-order chi connectivity index (χ1) is 12.3. The Hall–Kier alpha value is -1.54. The molecule has 0 aliphatic carbocycles. The van der Waals surface area contributed by atoms with E-state index in [0.717, 1.165) is 5.56 Å². The molecule has 0 radical (unpaired) electrons. The SMILES string of the molecule is C=CCNC(=S)N/N=C\c1ccc(O[C@H](NC(=O)CC)C(Cl)(Cl)Cl)cc1. The van der Waals surface area contributed by atoms with Crippen LogP contribution in [0, 0.1) is 0 Å². The molecule has 1 aromatic carbocycles. The molecule has 26 heavy (non-hydrogen) atoms. The number of carbonyl (C=O) groups is 1. The normalized spacial score (nSPS) is 12.3. The third-order valence-corrected chi connectivity index (χ3v) is 3.66. The van der Waals surface area contributed by atoms with Crippen LogP contribution in [0.25, 0.3) is 0 Å². The number of nitrogens with zero attached hydrogens (tertiary/aromatic N) is 1. The zero-order chi connectivity index (χ0) is 19.6. The van der Waals surface area contributed by atoms with Gasteiger partial charge in [0.25, 0.3) is 0 Å². The number of ether oxygens (including phenoxy) is 1. The van der Waals surface area contributed by atoms with Crippen LogP contribution in [0.3, 0.4) is 0 Å². The minimum Gasteiger partial charge on any atom is -0.466 e. The van der Waals surface area contributed by atoms with Crippen LogP contribution in [0.5, 0.6) is 5.75 Å². The van der Waals surface area contributed by atoms with Gasteiger partial charge in [-0.2, -0.15) is 5.10 Å². The largest absolute Gasteiger partial charge is 0.466 e. The molecule has 3 N–H and O–H groups in total. The lowest BCUT2D eigenvalue weighted by Crippen LogP contribution is -2.47. The van der Waals surface area contributed by atoms with Gasteiger partial charge in [0.2, 0.25) is 15.9 Å². The van der Waals surface area contributed by atoms with Gasteiger partial charge in [-0.15, -0.1) is 6.58 Å². The Morgan fingerprint density at radius 3 is 2.58 bits per heavy atom. The summed E-state index contributed by atoms with van der Waals surface area (Å²) in [7, 11) is 0. The summed E-state index contributed by atoms with van der Waals surface area (Å²) in [6.07, 6.45) is 2.39. The molecule has 10 heteroatoms. The Labute approximate surface area is 172 Å². The van der Waals surface area contributed by atoms with Crippen LogP contribution in [0.15, 0.2) is 42.0 Å². The van der Waals surface area contributed by atoms with Gasteiger partial charge in [-0.25, -0.2) is 0 Å². The predicted octanol–water partition coefficient (Wildman–Crippen LogP) is 3.27. The number of carbonyl (C=O) groups excluding carboxylic acids is 1. The molecule has 1 atom stereocenters. The third-order valence-electron chi connectivity index (χ3n) is 2.83. The second-order valence-electron chi connectivity index (χ2n) is 4.90. The number of alkyl halides is 3. The van der Waals surface area contributed by atoms with Gasteiger partial charge in [0.15, 0.2) is 5.11 Å². The van der Waals surface area contributed by atoms with Gasteiger partial charge in [-0.1, -0.05) is 47.8 Å². The Morgan fingerprint density at radius 1 is 1.38 bits per heavy atom. The first-order valence-corrected chi connectivity index (χ1v) is 9.11. The highest BCUT2D eigenvalue weighted by molar-refractivity contribution is 7.80. The van der Waals surface area contributed by atoms with Crippen LogP contribution >= 0.6 is 47.0 Å². The minimum absolute atomic E-state index is 0.243. The quantitative estimate of drug-likeness (QED) is 0.145. The van der Waals surface area contributed by atoms with Crippen molar-refractivity contribution in [1.29, 1.82) is 0 Å². The van der Waals surface area contributed by atoms with E-state index in [4.69, 9.17) is 51.8 Å². The van der Waals surface area contributed by atoms with Crippen LogP contribution in [0.2, 0.25) is 0 Å².